The van der Waals surface area contributed by atoms with Gasteiger partial charge in [0.2, 0.25) is 13.6 Å². The van der Waals surface area contributed by atoms with Gasteiger partial charge in [0, 0.05) is 107 Å². The lowest BCUT2D eigenvalue weighted by atomic mass is 9.71. The lowest BCUT2D eigenvalue weighted by Crippen LogP contribution is -2.71. The Morgan fingerprint density at radius 2 is 1.01 bits per heavy atom. The number of amides is 1. The molecule has 0 saturated carbocycles. The van der Waals surface area contributed by atoms with Crippen molar-refractivity contribution in [1.29, 1.82) is 10.5 Å². The van der Waals surface area contributed by atoms with Crippen LogP contribution in [0.5, 0.6) is 80.5 Å². The lowest BCUT2D eigenvalue weighted by Gasteiger charge is -2.62. The fourth-order valence-corrected chi connectivity index (χ4v) is 24.7. The zero-order valence-electron chi connectivity index (χ0n) is 81.1. The van der Waals surface area contributed by atoms with Gasteiger partial charge >= 0.3 is 53.9 Å². The number of aromatic hydroxyl groups is 3. The van der Waals surface area contributed by atoms with Gasteiger partial charge in [0.15, 0.2) is 80.1 Å². The average Bonchev–Trinajstić information content (AvgIpc) is 0.961. The molecule has 1 amide bonds. The van der Waals surface area contributed by atoms with Crippen LogP contribution < -0.4 is 68.1 Å². The number of thioether (sulfide) groups is 2. The van der Waals surface area contributed by atoms with Gasteiger partial charge in [-0.2, -0.15) is 10.5 Å². The fraction of sp³-hybridized carbons (Fsp3) is 0.470. The number of phenolic OH excluding ortho intramolecular Hbond substituents is 3. The zero-order chi connectivity index (χ0) is 103. The number of phenols is 3. The number of hydrogen-bond donors (Lipinski definition) is 6. The Hall–Kier alpha value is -13.3. The second-order valence-corrected chi connectivity index (χ2v) is 39.7. The molecule has 0 radical (unpaired) electrons. The van der Waals surface area contributed by atoms with Crippen molar-refractivity contribution in [2.24, 2.45) is 0 Å². The quantitative estimate of drug-likeness (QED) is 0.0119. The Bertz CT molecular complexity index is 6200. The zero-order valence-corrected chi connectivity index (χ0v) is 83.4. The van der Waals surface area contributed by atoms with Gasteiger partial charge in [-0.25, -0.2) is 33.6 Å². The van der Waals surface area contributed by atoms with Gasteiger partial charge in [-0.15, -0.1) is 23.5 Å². The highest BCUT2D eigenvalue weighted by molar-refractivity contribution is 7.99. The van der Waals surface area contributed by atoms with Gasteiger partial charge in [-0.1, -0.05) is 50.1 Å². The first-order valence-corrected chi connectivity index (χ1v) is 48.1. The van der Waals surface area contributed by atoms with Crippen molar-refractivity contribution in [3.8, 4) is 92.6 Å². The Kier molecular flexibility index (Phi) is 30.0. The van der Waals surface area contributed by atoms with Gasteiger partial charge in [0.25, 0.3) is 0 Å². The number of nitriles is 2. The van der Waals surface area contributed by atoms with E-state index in [1.165, 1.54) is 88.9 Å². The molecule has 142 heavy (non-hydrogen) atoms. The highest BCUT2D eigenvalue weighted by Gasteiger charge is 2.66. The number of methoxy groups -OCH3 is 4. The summed E-state index contributed by atoms with van der Waals surface area (Å²) < 4.78 is 107. The molecular formula is C100H111ClN8O31S2. The summed E-state index contributed by atoms with van der Waals surface area (Å²) in [6.45, 7) is 30.5. The van der Waals surface area contributed by atoms with E-state index in [0.29, 0.717) is 139 Å². The lowest BCUT2D eigenvalue weighted by molar-refractivity contribution is -0.157. The van der Waals surface area contributed by atoms with Crippen LogP contribution in [0, 0.1) is 50.4 Å². The molecular weight excluding hydrogens is 1910 g/mol. The molecule has 6 aromatic carbocycles. The normalized spacial score (nSPS) is 24.4. The van der Waals surface area contributed by atoms with E-state index in [4.69, 9.17) is 92.1 Å². The third-order valence-electron chi connectivity index (χ3n) is 26.3. The second-order valence-electron chi connectivity index (χ2n) is 37.2. The van der Waals surface area contributed by atoms with Crippen molar-refractivity contribution in [1.82, 2.24) is 30.7 Å². The Morgan fingerprint density at radius 3 is 1.48 bits per heavy atom. The largest absolute Gasteiger partial charge is 0.519 e. The summed E-state index contributed by atoms with van der Waals surface area (Å²) in [4.78, 5) is 120. The number of fused-ring (bicyclic) bond motifs is 18. The number of piperazine rings is 2. The maximum absolute atomic E-state index is 15.1. The number of carbonyl (C=O) groups is 9. The minimum absolute atomic E-state index is 0.0248. The minimum Gasteiger partial charge on any atom is -0.504 e. The summed E-state index contributed by atoms with van der Waals surface area (Å²) in [5, 5.41) is 66.6. The predicted octanol–water partition coefficient (Wildman–Crippen LogP) is 13.7. The first-order chi connectivity index (χ1) is 67.6. The van der Waals surface area contributed by atoms with Gasteiger partial charge in [0.1, 0.15) is 67.8 Å². The van der Waals surface area contributed by atoms with Crippen molar-refractivity contribution in [3.63, 3.8) is 0 Å². The van der Waals surface area contributed by atoms with Crippen LogP contribution in [0.15, 0.2) is 74.4 Å². The van der Waals surface area contributed by atoms with Crippen LogP contribution in [-0.2, 0) is 93.8 Å². The molecule has 14 heterocycles. The van der Waals surface area contributed by atoms with E-state index in [2.05, 4.69) is 62.2 Å². The summed E-state index contributed by atoms with van der Waals surface area (Å²) in [5.41, 5.74) is 4.97. The van der Waals surface area contributed by atoms with E-state index in [-0.39, 0.29) is 117 Å². The molecule has 14 aliphatic rings. The SMILES string of the molecule is C=CCOC(=O)Cl.C=CCOC(=O)Oc1cc2c(cc1OC)[C@@]1(CS[C@@H]3c4c(OC(C)=O)c(C)c5c(c4[C@H](COC1=O)N1C3[C@H]3c4c(cc(C)c(OC)c4O)C[C@@H]([C@@H]1C#N)N3C(=O)OCC=C)OCO5)NCC2.CC(C)(C)OC(=O)OC(=O)OC(C)(C)C.COc1cc2c(cc1O)CCN[C@]21CS[C@@H]2c3c(OC(C)=O)c(C)c4c(c3[C@H](COC1=O)N1C2[C@@H]2N[C@@H](Cc3cc(C)c(OC)c(O)c32)[C@@H]1C#N)OCO4. The van der Waals surface area contributed by atoms with Crippen molar-refractivity contribution >= 4 is 89.0 Å². The van der Waals surface area contributed by atoms with Crippen LogP contribution in [0.1, 0.15) is 179 Å². The van der Waals surface area contributed by atoms with E-state index >= 15 is 4.79 Å². The third kappa shape index (κ3) is 19.0. The van der Waals surface area contributed by atoms with Crippen LogP contribution in [0.25, 0.3) is 0 Å². The summed E-state index contributed by atoms with van der Waals surface area (Å²) in [7, 11) is 5.84. The molecule has 4 fully saturated rings. The van der Waals surface area contributed by atoms with Gasteiger partial charge < -0.3 is 111 Å². The second kappa shape index (κ2) is 41.4. The number of carbonyl (C=O) groups excluding carboxylic acids is 9. The number of rotatable bonds is 13. The Morgan fingerprint density at radius 1 is 0.542 bits per heavy atom. The van der Waals surface area contributed by atoms with Crippen LogP contribution in [0.2, 0.25) is 0 Å². The summed E-state index contributed by atoms with van der Waals surface area (Å²) in [5.74, 6) is 0.735. The predicted molar refractivity (Wildman–Crippen MR) is 508 cm³/mol. The van der Waals surface area contributed by atoms with Gasteiger partial charge in [-0.3, -0.25) is 34.9 Å². The van der Waals surface area contributed by atoms with E-state index in [9.17, 15) is 64.2 Å². The van der Waals surface area contributed by atoms with Crippen molar-refractivity contribution in [2.45, 2.75) is 202 Å². The van der Waals surface area contributed by atoms with E-state index in [1.807, 2.05) is 37.8 Å². The molecule has 39 nitrogen and oxygen atoms in total. The molecule has 42 heteroatoms. The van der Waals surface area contributed by atoms with Crippen LogP contribution in [0.3, 0.4) is 0 Å². The smallest absolute Gasteiger partial charge is 0.504 e. The third-order valence-corrected chi connectivity index (χ3v) is 29.4. The highest BCUT2D eigenvalue weighted by Crippen LogP contribution is 2.68. The van der Waals surface area contributed by atoms with Crippen molar-refractivity contribution < 1.29 is 148 Å². The van der Waals surface area contributed by atoms with E-state index in [1.54, 1.807) is 72.7 Å². The van der Waals surface area contributed by atoms with E-state index in [0.717, 1.165) is 16.7 Å². The Labute approximate surface area is 831 Å². The van der Waals surface area contributed by atoms with Crippen LogP contribution in [0.4, 0.5) is 24.0 Å². The first-order valence-electron chi connectivity index (χ1n) is 45.6. The molecule has 6 aromatic rings. The molecule has 6 N–H and O–H groups in total. The number of hydrogen-bond acceptors (Lipinski definition) is 40. The number of halogens is 1. The maximum Gasteiger partial charge on any atom is 0.519 e. The van der Waals surface area contributed by atoms with E-state index < -0.39 is 141 Å². The molecule has 14 aliphatic heterocycles. The van der Waals surface area contributed by atoms with Crippen molar-refractivity contribution in [3.05, 3.63) is 163 Å². The summed E-state index contributed by atoms with van der Waals surface area (Å²) in [6, 6.07) is 7.94. The van der Waals surface area contributed by atoms with Crippen LogP contribution in [-0.4, -0.2) is 231 Å². The molecule has 2 unspecified atom stereocenters. The molecule has 0 aliphatic carbocycles. The fourth-order valence-electron chi connectivity index (χ4n) is 21.2. The molecule has 756 valence electrons. The van der Waals surface area contributed by atoms with Gasteiger partial charge in [-0.05, 0) is 164 Å². The first kappa shape index (κ1) is 103. The number of benzene rings is 6. The average molecular weight is 2020 g/mol. The monoisotopic (exact) mass is 2020 g/mol. The van der Waals surface area contributed by atoms with Gasteiger partial charge in [0.05, 0.1) is 87.3 Å². The Balaban J connectivity index is 0.000000179. The number of nitrogens with zero attached hydrogens (tertiary/aromatic N) is 5. The molecule has 4 saturated heterocycles. The molecule has 2 spiro atoms. The number of esters is 4. The number of nitrogens with one attached hydrogen (secondary N) is 3. The molecule has 8 bridgehead atoms. The topological polar surface area (TPSA) is 483 Å². The maximum atomic E-state index is 15.1. The standard InChI is InChI=1S/C47H48N4O14S.C39H40N4O10S.C10H18O5.C4H5ClO2/c1-8-12-59-45(55)51-28-15-26-14-22(3)39(58-7)38(53)33(26)36(51)37-43-35-34(42-41(62-21-63-42)23(4)40(35)64-24(5)52)30(50(37)29(28)18-48)19-61-44(54)47(20-66-43)27-17-31(57-6)32(16-25(27)10-11-49-47)65-46(56)60-13-9-2;1-16-8-20-9-22-23(12-40)43-24-13-50-38(47)39(21-11-26(48-4)25(45)10-19(21)6-7-41-39)14-54-37(31(43)30(42-22)27(20)32(46)33(16)49-5)29-28(24)36-35(51-15-52-36)17(2)34(29)53-18(3)44;1-9(2,3)14-7(11)13-8(12)15-10(4,5)6;1-2-3-7-4(5)6/h8-9,14,16-17,28-30,36-37,43,49,53H,1-2,10-13,15,19-21H2,3-7H3;8,10-11,22-24,30-31,37,41-42,45-46H,6-7,9,13-15H2,1-5H3;1-6H3;2H,1,3H2/t28-,29-,30-,36+,37?,43+,47+;22-,23-,24-,30+,31?,37+,39+;;/m00../s1. The summed E-state index contributed by atoms with van der Waals surface area (Å²) in [6.07, 6.45) is 2.07. The molecule has 0 aromatic heterocycles. The molecule has 14 atom stereocenters. The number of aryl methyl sites for hydroxylation is 2. The summed E-state index contributed by atoms with van der Waals surface area (Å²) >= 11 is 7.52. The minimum atomic E-state index is -1.57. The molecule has 20 rings (SSSR count). The number of ether oxygens (including phenoxy) is 19. The highest BCUT2D eigenvalue weighted by atomic mass is 35.5. The van der Waals surface area contributed by atoms with Crippen molar-refractivity contribution in [2.75, 3.05) is 99.7 Å². The van der Waals surface area contributed by atoms with Crippen LogP contribution >= 0.6 is 35.1 Å².